The predicted molar refractivity (Wildman–Crippen MR) is 180 cm³/mol. The molecule has 0 fully saturated rings. The summed E-state index contributed by atoms with van der Waals surface area (Å²) < 4.78 is 0. The number of nitrogens with zero attached hydrogens (tertiary/aromatic N) is 3. The molecule has 47 heavy (non-hydrogen) atoms. The molecule has 240 valence electrons. The first-order valence-electron chi connectivity index (χ1n) is 15.7. The zero-order valence-electron chi connectivity index (χ0n) is 26.4. The molecule has 0 spiro atoms. The summed E-state index contributed by atoms with van der Waals surface area (Å²) in [5.74, 6) is -1.39. The Labute approximate surface area is 273 Å². The summed E-state index contributed by atoms with van der Waals surface area (Å²) in [5, 5.41) is 6.14. The molecule has 1 heterocycles. The Hall–Kier alpha value is -5.64. The molecule has 4 amide bonds. The van der Waals surface area contributed by atoms with Gasteiger partial charge in [0.25, 0.3) is 17.7 Å². The van der Waals surface area contributed by atoms with Crippen LogP contribution in [0.4, 0.5) is 11.4 Å². The molecule has 3 aromatic carbocycles. The van der Waals surface area contributed by atoms with Crippen molar-refractivity contribution in [2.45, 2.75) is 39.2 Å². The number of pyridine rings is 1. The van der Waals surface area contributed by atoms with Crippen LogP contribution in [0, 0.1) is 0 Å². The number of carbonyl (C=O) groups excluding carboxylic acids is 5. The van der Waals surface area contributed by atoms with Crippen molar-refractivity contribution in [1.29, 1.82) is 0 Å². The molecule has 1 atom stereocenters. The average Bonchev–Trinajstić information content (AvgIpc) is 3.11. The summed E-state index contributed by atoms with van der Waals surface area (Å²) in [5.41, 5.74) is 5.63. The van der Waals surface area contributed by atoms with Crippen LogP contribution in [0.15, 0.2) is 85.1 Å². The van der Waals surface area contributed by atoms with E-state index in [9.17, 15) is 24.0 Å². The van der Waals surface area contributed by atoms with Crippen molar-refractivity contribution in [3.63, 3.8) is 0 Å². The SMILES string of the molecule is CCN(CC)c1ccc(NC(=O)c2cccc(C(=O)N(C=O)CC=O)c2)c(-c2cc(C(=O)N[C@H]3CCCc4ccccc43)ccn2)c1. The van der Waals surface area contributed by atoms with Crippen LogP contribution < -0.4 is 15.5 Å². The number of aryl methyl sites for hydroxylation is 1. The fourth-order valence-corrected chi connectivity index (χ4v) is 5.91. The molecule has 1 aromatic heterocycles. The normalized spacial score (nSPS) is 13.5. The van der Waals surface area contributed by atoms with Gasteiger partial charge in [0.2, 0.25) is 6.41 Å². The predicted octanol–water partition coefficient (Wildman–Crippen LogP) is 5.45. The largest absolute Gasteiger partial charge is 0.372 e. The van der Waals surface area contributed by atoms with Crippen LogP contribution >= 0.6 is 0 Å². The number of hydrogen-bond acceptors (Lipinski definition) is 7. The fraction of sp³-hybridized carbons (Fsp3) is 0.243. The highest BCUT2D eigenvalue weighted by molar-refractivity contribution is 6.09. The second kappa shape index (κ2) is 15.1. The Bertz CT molecular complexity index is 1800. The minimum atomic E-state index is -0.693. The molecule has 0 saturated heterocycles. The minimum Gasteiger partial charge on any atom is -0.372 e. The summed E-state index contributed by atoms with van der Waals surface area (Å²) in [6, 6.07) is 23.1. The Morgan fingerprint density at radius 1 is 0.872 bits per heavy atom. The van der Waals surface area contributed by atoms with Gasteiger partial charge in [-0.15, -0.1) is 0 Å². The van der Waals surface area contributed by atoms with Gasteiger partial charge in [0.1, 0.15) is 6.29 Å². The quantitative estimate of drug-likeness (QED) is 0.199. The lowest BCUT2D eigenvalue weighted by Gasteiger charge is -2.26. The van der Waals surface area contributed by atoms with Crippen LogP contribution in [0.5, 0.6) is 0 Å². The van der Waals surface area contributed by atoms with Gasteiger partial charge in [0.15, 0.2) is 0 Å². The third-order valence-electron chi connectivity index (χ3n) is 8.38. The van der Waals surface area contributed by atoms with Gasteiger partial charge in [-0.2, -0.15) is 0 Å². The first kappa shape index (κ1) is 32.7. The number of benzene rings is 3. The molecule has 0 aliphatic heterocycles. The highest BCUT2D eigenvalue weighted by atomic mass is 16.2. The Balaban J connectivity index is 1.45. The maximum atomic E-state index is 13.5. The second-order valence-electron chi connectivity index (χ2n) is 11.2. The van der Waals surface area contributed by atoms with Gasteiger partial charge >= 0.3 is 0 Å². The number of aromatic nitrogens is 1. The molecular weight excluding hydrogens is 594 g/mol. The Morgan fingerprint density at radius 3 is 2.40 bits per heavy atom. The topological polar surface area (TPSA) is 129 Å². The number of imide groups is 1. The molecule has 10 heteroatoms. The molecule has 2 N–H and O–H groups in total. The number of rotatable bonds is 12. The molecule has 0 bridgehead atoms. The van der Waals surface area contributed by atoms with E-state index >= 15 is 0 Å². The zero-order valence-corrected chi connectivity index (χ0v) is 26.4. The van der Waals surface area contributed by atoms with E-state index in [-0.39, 0.29) is 36.0 Å². The molecule has 4 aromatic rings. The van der Waals surface area contributed by atoms with E-state index in [1.165, 1.54) is 23.8 Å². The third-order valence-corrected chi connectivity index (χ3v) is 8.38. The van der Waals surface area contributed by atoms with Gasteiger partial charge in [-0.1, -0.05) is 30.3 Å². The fourth-order valence-electron chi connectivity index (χ4n) is 5.91. The summed E-state index contributed by atoms with van der Waals surface area (Å²) in [7, 11) is 0. The van der Waals surface area contributed by atoms with Crippen molar-refractivity contribution in [3.8, 4) is 11.3 Å². The van der Waals surface area contributed by atoms with Crippen LogP contribution in [0.25, 0.3) is 11.3 Å². The van der Waals surface area contributed by atoms with Gasteiger partial charge in [-0.05, 0) is 92.8 Å². The van der Waals surface area contributed by atoms with Crippen molar-refractivity contribution in [1.82, 2.24) is 15.2 Å². The standard InChI is InChI=1S/C37H37N5O5/c1-3-41(4-2)29-15-16-33(40-35(45)26-11-7-12-28(21-26)37(47)42(24-44)19-20-43)31(23-29)34-22-27(17-18-38-34)36(46)39-32-14-8-10-25-9-5-6-13-30(25)32/h5-7,9,11-13,15-18,20-24,32H,3-4,8,10,14,19H2,1-2H3,(H,39,46)(H,40,45)/t32-/m0/s1. The lowest BCUT2D eigenvalue weighted by Crippen LogP contribution is -2.31. The number of anilines is 2. The molecule has 10 nitrogen and oxygen atoms in total. The number of hydrogen-bond donors (Lipinski definition) is 2. The second-order valence-corrected chi connectivity index (χ2v) is 11.2. The van der Waals surface area contributed by atoms with E-state index in [2.05, 4.69) is 46.5 Å². The highest BCUT2D eigenvalue weighted by Crippen LogP contribution is 2.33. The Morgan fingerprint density at radius 2 is 1.64 bits per heavy atom. The first-order chi connectivity index (χ1) is 22.9. The van der Waals surface area contributed by atoms with Gasteiger partial charge in [0.05, 0.1) is 24.0 Å². The third kappa shape index (κ3) is 7.44. The van der Waals surface area contributed by atoms with Gasteiger partial charge in [0, 0.05) is 47.2 Å². The highest BCUT2D eigenvalue weighted by Gasteiger charge is 2.23. The lowest BCUT2D eigenvalue weighted by molar-refractivity contribution is -0.119. The van der Waals surface area contributed by atoms with Crippen LogP contribution in [-0.2, 0) is 16.0 Å². The van der Waals surface area contributed by atoms with E-state index in [0.717, 1.165) is 48.5 Å². The van der Waals surface area contributed by atoms with E-state index < -0.39 is 11.8 Å². The minimum absolute atomic E-state index is 0.0791. The molecule has 0 radical (unpaired) electrons. The van der Waals surface area contributed by atoms with E-state index in [1.54, 1.807) is 30.5 Å². The zero-order chi connectivity index (χ0) is 33.3. The van der Waals surface area contributed by atoms with Gasteiger partial charge in [-0.25, -0.2) is 0 Å². The number of nitrogens with one attached hydrogen (secondary N) is 2. The van der Waals surface area contributed by atoms with E-state index in [4.69, 9.17) is 0 Å². The molecule has 5 rings (SSSR count). The van der Waals surface area contributed by atoms with Crippen LogP contribution in [0.2, 0.25) is 0 Å². The van der Waals surface area contributed by atoms with Crippen LogP contribution in [0.3, 0.4) is 0 Å². The number of carbonyl (C=O) groups is 5. The molecule has 1 aliphatic carbocycles. The molecule has 0 unspecified atom stereocenters. The monoisotopic (exact) mass is 631 g/mol. The molecule has 1 aliphatic rings. The number of fused-ring (bicyclic) bond motifs is 1. The van der Waals surface area contributed by atoms with E-state index in [1.807, 2.05) is 24.3 Å². The Kier molecular flexibility index (Phi) is 10.5. The number of aldehydes is 1. The van der Waals surface area contributed by atoms with Crippen molar-refractivity contribution in [2.75, 3.05) is 29.9 Å². The maximum Gasteiger partial charge on any atom is 0.260 e. The first-order valence-corrected chi connectivity index (χ1v) is 15.7. The summed E-state index contributed by atoms with van der Waals surface area (Å²) in [6.45, 7) is 5.26. The van der Waals surface area contributed by atoms with Crippen LogP contribution in [0.1, 0.15) is 74.9 Å². The number of amides is 4. The molecular formula is C37H37N5O5. The van der Waals surface area contributed by atoms with Crippen LogP contribution in [-0.4, -0.2) is 59.9 Å². The van der Waals surface area contributed by atoms with Crippen molar-refractivity contribution in [2.24, 2.45) is 0 Å². The smallest absolute Gasteiger partial charge is 0.260 e. The van der Waals surface area contributed by atoms with E-state index in [0.29, 0.717) is 28.8 Å². The van der Waals surface area contributed by atoms with Gasteiger partial charge in [-0.3, -0.25) is 29.1 Å². The summed E-state index contributed by atoms with van der Waals surface area (Å²) in [4.78, 5) is 69.5. The van der Waals surface area contributed by atoms with Crippen molar-refractivity contribution in [3.05, 3.63) is 113 Å². The van der Waals surface area contributed by atoms with Gasteiger partial charge < -0.3 is 20.3 Å². The maximum absolute atomic E-state index is 13.5. The van der Waals surface area contributed by atoms with Crippen molar-refractivity contribution < 1.29 is 24.0 Å². The van der Waals surface area contributed by atoms with Crippen molar-refractivity contribution >= 4 is 41.8 Å². The summed E-state index contributed by atoms with van der Waals surface area (Å²) >= 11 is 0. The summed E-state index contributed by atoms with van der Waals surface area (Å²) in [6.07, 6.45) is 5.17. The lowest BCUT2D eigenvalue weighted by atomic mass is 9.87. The molecule has 0 saturated carbocycles. The average molecular weight is 632 g/mol.